The molecule has 0 saturated heterocycles. The fraction of sp³-hybridized carbons (Fsp3) is 0.625. The summed E-state index contributed by atoms with van der Waals surface area (Å²) in [5.74, 6) is 0.472. The van der Waals surface area contributed by atoms with Crippen molar-refractivity contribution < 1.29 is 4.74 Å². The van der Waals surface area contributed by atoms with Crippen molar-refractivity contribution >= 4 is 0 Å². The van der Waals surface area contributed by atoms with E-state index >= 15 is 0 Å². The maximum atomic E-state index is 6.01. The normalized spacial score (nSPS) is 19.5. The van der Waals surface area contributed by atoms with Gasteiger partial charge in [0.15, 0.2) is 0 Å². The summed E-state index contributed by atoms with van der Waals surface area (Å²) in [5.41, 5.74) is 8.97. The summed E-state index contributed by atoms with van der Waals surface area (Å²) in [6.07, 6.45) is 2.40. The molecule has 1 heterocycles. The van der Waals surface area contributed by atoms with Crippen molar-refractivity contribution in [2.45, 2.75) is 32.4 Å². The quantitative estimate of drug-likeness (QED) is 0.882. The van der Waals surface area contributed by atoms with Gasteiger partial charge in [-0.05, 0) is 36.4 Å². The predicted molar refractivity (Wildman–Crippen MR) is 79.1 cm³/mol. The predicted octanol–water partition coefficient (Wildman–Crippen LogP) is 2.04. The average Bonchev–Trinajstić information content (AvgIpc) is 2.62. The first-order valence-electron chi connectivity index (χ1n) is 7.26. The Morgan fingerprint density at radius 1 is 1.32 bits per heavy atom. The van der Waals surface area contributed by atoms with Crippen molar-refractivity contribution in [2.24, 2.45) is 11.7 Å². The van der Waals surface area contributed by atoms with Crippen LogP contribution >= 0.6 is 0 Å². The van der Waals surface area contributed by atoms with Crippen LogP contribution < -0.4 is 5.73 Å². The first-order chi connectivity index (χ1) is 9.26. The van der Waals surface area contributed by atoms with Crippen LogP contribution in [0.2, 0.25) is 0 Å². The molecule has 0 aliphatic carbocycles. The van der Waals surface area contributed by atoms with Gasteiger partial charge < -0.3 is 10.5 Å². The van der Waals surface area contributed by atoms with E-state index in [0.717, 1.165) is 19.7 Å². The lowest BCUT2D eigenvalue weighted by Gasteiger charge is -2.34. The smallest absolute Gasteiger partial charge is 0.0503 e. The van der Waals surface area contributed by atoms with Crippen molar-refractivity contribution in [1.29, 1.82) is 0 Å². The van der Waals surface area contributed by atoms with Gasteiger partial charge in [0, 0.05) is 26.2 Å². The Morgan fingerprint density at radius 2 is 2.05 bits per heavy atom. The van der Waals surface area contributed by atoms with Gasteiger partial charge in [0.25, 0.3) is 0 Å². The molecule has 3 nitrogen and oxygen atoms in total. The van der Waals surface area contributed by atoms with Crippen LogP contribution in [0.5, 0.6) is 0 Å². The number of nitrogens with zero attached hydrogens (tertiary/aromatic N) is 1. The van der Waals surface area contributed by atoms with Crippen LogP contribution in [-0.4, -0.2) is 37.7 Å². The Hall–Kier alpha value is -0.900. The Kier molecular flexibility index (Phi) is 5.37. The van der Waals surface area contributed by atoms with Gasteiger partial charge in [-0.3, -0.25) is 4.90 Å². The molecule has 0 amide bonds. The molecule has 2 N–H and O–H groups in total. The van der Waals surface area contributed by atoms with Crippen molar-refractivity contribution in [2.75, 3.05) is 26.8 Å². The molecule has 2 unspecified atom stereocenters. The van der Waals surface area contributed by atoms with E-state index in [2.05, 4.69) is 36.1 Å². The Balaban J connectivity index is 2.12. The fourth-order valence-corrected chi connectivity index (χ4v) is 3.12. The van der Waals surface area contributed by atoms with E-state index in [1.165, 1.54) is 24.0 Å². The molecule has 1 aromatic rings. The summed E-state index contributed by atoms with van der Waals surface area (Å²) in [4.78, 5) is 2.54. The second kappa shape index (κ2) is 7.04. The van der Waals surface area contributed by atoms with E-state index < -0.39 is 0 Å². The molecule has 1 aromatic carbocycles. The summed E-state index contributed by atoms with van der Waals surface area (Å²) in [7, 11) is 1.77. The zero-order valence-electron chi connectivity index (χ0n) is 12.1. The summed E-state index contributed by atoms with van der Waals surface area (Å²) >= 11 is 0. The molecule has 19 heavy (non-hydrogen) atoms. The highest BCUT2D eigenvalue weighted by Crippen LogP contribution is 2.22. The number of ether oxygens (including phenoxy) is 1. The second-order valence-electron chi connectivity index (χ2n) is 5.58. The minimum absolute atomic E-state index is 0.408. The summed E-state index contributed by atoms with van der Waals surface area (Å²) in [6.45, 7) is 5.86. The Bertz CT molecular complexity index is 394. The van der Waals surface area contributed by atoms with Crippen LogP contribution in [0.3, 0.4) is 0 Å². The average molecular weight is 262 g/mol. The van der Waals surface area contributed by atoms with E-state index in [4.69, 9.17) is 10.5 Å². The maximum Gasteiger partial charge on any atom is 0.0503 e. The molecule has 1 aliphatic heterocycles. The van der Waals surface area contributed by atoms with Gasteiger partial charge in [0.2, 0.25) is 0 Å². The third kappa shape index (κ3) is 3.56. The third-order valence-corrected chi connectivity index (χ3v) is 4.18. The summed E-state index contributed by atoms with van der Waals surface area (Å²) in [6, 6.07) is 9.20. The molecule has 2 atom stereocenters. The van der Waals surface area contributed by atoms with E-state index in [9.17, 15) is 0 Å². The van der Waals surface area contributed by atoms with Crippen LogP contribution in [-0.2, 0) is 17.7 Å². The molecule has 0 spiro atoms. The second-order valence-corrected chi connectivity index (χ2v) is 5.58. The van der Waals surface area contributed by atoms with E-state index in [1.54, 1.807) is 7.11 Å². The van der Waals surface area contributed by atoms with Crippen LogP contribution in [0.4, 0.5) is 0 Å². The largest absolute Gasteiger partial charge is 0.384 e. The van der Waals surface area contributed by atoms with Gasteiger partial charge in [-0.1, -0.05) is 31.2 Å². The minimum Gasteiger partial charge on any atom is -0.384 e. The maximum absolute atomic E-state index is 6.01. The molecule has 2 rings (SSSR count). The van der Waals surface area contributed by atoms with Crippen molar-refractivity contribution in [1.82, 2.24) is 4.90 Å². The lowest BCUT2D eigenvalue weighted by Crippen LogP contribution is -2.45. The number of nitrogens with two attached hydrogens (primary N) is 1. The van der Waals surface area contributed by atoms with Gasteiger partial charge in [0.1, 0.15) is 0 Å². The standard InChI is InChI=1S/C16H26N2O/c1-13(12-19-2)16(10-17)18-9-5-8-14-6-3-4-7-15(14)11-18/h3-4,6-7,13,16H,5,8-12,17H2,1-2H3. The van der Waals surface area contributed by atoms with E-state index in [-0.39, 0.29) is 0 Å². The zero-order chi connectivity index (χ0) is 13.7. The summed E-state index contributed by atoms with van der Waals surface area (Å²) < 4.78 is 5.30. The van der Waals surface area contributed by atoms with Gasteiger partial charge in [0.05, 0.1) is 6.61 Å². The van der Waals surface area contributed by atoms with Gasteiger partial charge in [-0.15, -0.1) is 0 Å². The van der Waals surface area contributed by atoms with Gasteiger partial charge in [-0.2, -0.15) is 0 Å². The molecule has 0 saturated carbocycles. The van der Waals surface area contributed by atoms with Crippen LogP contribution in [0, 0.1) is 5.92 Å². The highest BCUT2D eigenvalue weighted by Gasteiger charge is 2.25. The van der Waals surface area contributed by atoms with E-state index in [0.29, 0.717) is 18.5 Å². The molecule has 0 fully saturated rings. The Labute approximate surface area is 116 Å². The topological polar surface area (TPSA) is 38.5 Å². The molecule has 1 aliphatic rings. The minimum atomic E-state index is 0.408. The van der Waals surface area contributed by atoms with E-state index in [1.807, 2.05) is 0 Å². The van der Waals surface area contributed by atoms with Crippen molar-refractivity contribution in [3.8, 4) is 0 Å². The SMILES string of the molecule is COCC(C)C(CN)N1CCCc2ccccc2C1. The number of rotatable bonds is 5. The lowest BCUT2D eigenvalue weighted by atomic mass is 10.0. The molecule has 3 heteroatoms. The van der Waals surface area contributed by atoms with Gasteiger partial charge >= 0.3 is 0 Å². The first-order valence-corrected chi connectivity index (χ1v) is 7.26. The first kappa shape index (κ1) is 14.5. The number of hydrogen-bond donors (Lipinski definition) is 1. The highest BCUT2D eigenvalue weighted by atomic mass is 16.5. The van der Waals surface area contributed by atoms with Crippen molar-refractivity contribution in [3.05, 3.63) is 35.4 Å². The number of aryl methyl sites for hydroxylation is 1. The number of methoxy groups -OCH3 is 1. The fourth-order valence-electron chi connectivity index (χ4n) is 3.12. The summed E-state index contributed by atoms with van der Waals surface area (Å²) in [5, 5.41) is 0. The number of fused-ring (bicyclic) bond motifs is 1. The van der Waals surface area contributed by atoms with Gasteiger partial charge in [-0.25, -0.2) is 0 Å². The van der Waals surface area contributed by atoms with Crippen LogP contribution in [0.25, 0.3) is 0 Å². The Morgan fingerprint density at radius 3 is 2.74 bits per heavy atom. The molecule has 0 aromatic heterocycles. The van der Waals surface area contributed by atoms with Crippen molar-refractivity contribution in [3.63, 3.8) is 0 Å². The molecule has 106 valence electrons. The molecule has 0 radical (unpaired) electrons. The molecular formula is C16H26N2O. The highest BCUT2D eigenvalue weighted by molar-refractivity contribution is 5.28. The van der Waals surface area contributed by atoms with Crippen LogP contribution in [0.1, 0.15) is 24.5 Å². The molecule has 0 bridgehead atoms. The lowest BCUT2D eigenvalue weighted by molar-refractivity contribution is 0.0815. The molecular weight excluding hydrogens is 236 g/mol. The van der Waals surface area contributed by atoms with Crippen LogP contribution in [0.15, 0.2) is 24.3 Å². The number of benzene rings is 1. The monoisotopic (exact) mass is 262 g/mol. The zero-order valence-corrected chi connectivity index (χ0v) is 12.1. The number of hydrogen-bond acceptors (Lipinski definition) is 3. The third-order valence-electron chi connectivity index (χ3n) is 4.18.